The first-order chi connectivity index (χ1) is 9.20. The molecule has 19 heavy (non-hydrogen) atoms. The lowest BCUT2D eigenvalue weighted by Gasteiger charge is -2.23. The number of anilines is 1. The van der Waals surface area contributed by atoms with E-state index in [9.17, 15) is 4.79 Å². The molecule has 0 aliphatic carbocycles. The van der Waals surface area contributed by atoms with Crippen molar-refractivity contribution < 1.29 is 4.79 Å². The van der Waals surface area contributed by atoms with Crippen molar-refractivity contribution in [2.24, 2.45) is 0 Å². The summed E-state index contributed by atoms with van der Waals surface area (Å²) < 4.78 is 0. The van der Waals surface area contributed by atoms with Crippen molar-refractivity contribution in [3.8, 4) is 0 Å². The summed E-state index contributed by atoms with van der Waals surface area (Å²) in [5, 5.41) is 0. The van der Waals surface area contributed by atoms with Gasteiger partial charge in [0.1, 0.15) is 0 Å². The summed E-state index contributed by atoms with van der Waals surface area (Å²) in [6.45, 7) is 6.57. The van der Waals surface area contributed by atoms with Crippen molar-refractivity contribution in [3.05, 3.63) is 29.8 Å². The van der Waals surface area contributed by atoms with Crippen LogP contribution in [0.25, 0.3) is 0 Å². The molecule has 1 aromatic carbocycles. The average molecular weight is 260 g/mol. The van der Waals surface area contributed by atoms with Crippen molar-refractivity contribution in [2.75, 3.05) is 38.1 Å². The number of Topliss-reactive ketones (excluding diaryl/α,β-unsaturated/α-hetero) is 1. The summed E-state index contributed by atoms with van der Waals surface area (Å²) in [5.74, 6) is 0.214. The predicted octanol–water partition coefficient (Wildman–Crippen LogP) is 2.81. The average Bonchev–Trinajstić information content (AvgIpc) is 2.97. The molecule has 3 nitrogen and oxygen atoms in total. The molecule has 0 saturated carbocycles. The number of likely N-dealkylation sites (tertiary alicyclic amines) is 1. The smallest absolute Gasteiger partial charge is 0.162 e. The van der Waals surface area contributed by atoms with Gasteiger partial charge in [0, 0.05) is 37.8 Å². The number of carbonyl (C=O) groups is 1. The number of hydrogen-bond acceptors (Lipinski definition) is 3. The first-order valence-electron chi connectivity index (χ1n) is 7.27. The van der Waals surface area contributed by atoms with E-state index < -0.39 is 0 Å². The van der Waals surface area contributed by atoms with E-state index in [1.807, 2.05) is 31.2 Å². The molecule has 0 amide bonds. The maximum atomic E-state index is 11.6. The lowest BCUT2D eigenvalue weighted by Crippen LogP contribution is -2.31. The van der Waals surface area contributed by atoms with E-state index in [1.165, 1.54) is 31.6 Å². The Bertz CT molecular complexity index is 407. The molecular weight excluding hydrogens is 236 g/mol. The monoisotopic (exact) mass is 260 g/mol. The molecule has 1 aliphatic rings. The molecule has 0 radical (unpaired) electrons. The third kappa shape index (κ3) is 3.80. The van der Waals surface area contributed by atoms with Gasteiger partial charge in [-0.3, -0.25) is 4.79 Å². The minimum absolute atomic E-state index is 0.214. The molecule has 104 valence electrons. The van der Waals surface area contributed by atoms with E-state index in [0.29, 0.717) is 6.42 Å². The van der Waals surface area contributed by atoms with Crippen LogP contribution in [0.15, 0.2) is 24.3 Å². The molecule has 0 bridgehead atoms. The fraction of sp³-hybridized carbons (Fsp3) is 0.562. The third-order valence-electron chi connectivity index (χ3n) is 3.90. The highest BCUT2D eigenvalue weighted by Gasteiger charge is 2.12. The van der Waals surface area contributed by atoms with Gasteiger partial charge in [-0.15, -0.1) is 0 Å². The molecule has 0 aromatic heterocycles. The molecular formula is C16H24N2O. The fourth-order valence-electron chi connectivity index (χ4n) is 2.53. The van der Waals surface area contributed by atoms with Gasteiger partial charge in [0.05, 0.1) is 0 Å². The molecule has 3 heteroatoms. The lowest BCUT2D eigenvalue weighted by molar-refractivity contribution is 0.0988. The normalized spacial score (nSPS) is 15.7. The molecule has 1 aliphatic heterocycles. The van der Waals surface area contributed by atoms with E-state index in [4.69, 9.17) is 0 Å². The molecule has 0 N–H and O–H groups in total. The van der Waals surface area contributed by atoms with Crippen LogP contribution in [0.5, 0.6) is 0 Å². The number of benzene rings is 1. The summed E-state index contributed by atoms with van der Waals surface area (Å²) in [7, 11) is 2.12. The predicted molar refractivity (Wildman–Crippen MR) is 80.0 cm³/mol. The number of ketones is 1. The van der Waals surface area contributed by atoms with Crippen LogP contribution in [0.2, 0.25) is 0 Å². The highest BCUT2D eigenvalue weighted by atomic mass is 16.1. The summed E-state index contributed by atoms with van der Waals surface area (Å²) in [5.41, 5.74) is 2.01. The zero-order chi connectivity index (χ0) is 13.7. The van der Waals surface area contributed by atoms with Gasteiger partial charge >= 0.3 is 0 Å². The van der Waals surface area contributed by atoms with Crippen molar-refractivity contribution in [1.82, 2.24) is 4.90 Å². The quantitative estimate of drug-likeness (QED) is 0.735. The van der Waals surface area contributed by atoms with Crippen LogP contribution in [0, 0.1) is 0 Å². The molecule has 1 fully saturated rings. The van der Waals surface area contributed by atoms with Gasteiger partial charge in [0.2, 0.25) is 0 Å². The van der Waals surface area contributed by atoms with Crippen LogP contribution in [0.3, 0.4) is 0 Å². The van der Waals surface area contributed by atoms with Gasteiger partial charge in [0.15, 0.2) is 5.78 Å². The van der Waals surface area contributed by atoms with Gasteiger partial charge in [0.25, 0.3) is 0 Å². The maximum absolute atomic E-state index is 11.6. The Morgan fingerprint density at radius 2 is 1.84 bits per heavy atom. The van der Waals surface area contributed by atoms with Crippen molar-refractivity contribution >= 4 is 11.5 Å². The summed E-state index contributed by atoms with van der Waals surface area (Å²) in [4.78, 5) is 16.4. The molecule has 1 saturated heterocycles. The Morgan fingerprint density at radius 3 is 2.42 bits per heavy atom. The maximum Gasteiger partial charge on any atom is 0.162 e. The van der Waals surface area contributed by atoms with Crippen molar-refractivity contribution in [3.63, 3.8) is 0 Å². The Kier molecular flexibility index (Phi) is 4.97. The first-order valence-corrected chi connectivity index (χ1v) is 7.27. The number of carbonyl (C=O) groups excluding carboxylic acids is 1. The lowest BCUT2D eigenvalue weighted by atomic mass is 10.1. The van der Waals surface area contributed by atoms with Crippen LogP contribution < -0.4 is 4.90 Å². The third-order valence-corrected chi connectivity index (χ3v) is 3.90. The molecule has 0 spiro atoms. The second kappa shape index (κ2) is 6.71. The minimum atomic E-state index is 0.214. The first kappa shape index (κ1) is 14.1. The van der Waals surface area contributed by atoms with Crippen LogP contribution in [-0.4, -0.2) is 43.9 Å². The van der Waals surface area contributed by atoms with Gasteiger partial charge in [-0.1, -0.05) is 6.92 Å². The largest absolute Gasteiger partial charge is 0.373 e. The number of nitrogens with zero attached hydrogens (tertiary/aromatic N) is 2. The molecule has 1 heterocycles. The van der Waals surface area contributed by atoms with Crippen LogP contribution in [0.4, 0.5) is 5.69 Å². The number of likely N-dealkylation sites (N-methyl/N-ethyl adjacent to an activating group) is 1. The summed E-state index contributed by atoms with van der Waals surface area (Å²) >= 11 is 0. The van der Waals surface area contributed by atoms with Crippen molar-refractivity contribution in [2.45, 2.75) is 26.2 Å². The van der Waals surface area contributed by atoms with Gasteiger partial charge in [-0.2, -0.15) is 0 Å². The van der Waals surface area contributed by atoms with Gasteiger partial charge in [-0.25, -0.2) is 0 Å². The Labute approximate surface area is 116 Å². The van der Waals surface area contributed by atoms with Crippen LogP contribution in [-0.2, 0) is 0 Å². The van der Waals surface area contributed by atoms with Gasteiger partial charge < -0.3 is 9.80 Å². The highest BCUT2D eigenvalue weighted by Crippen LogP contribution is 2.15. The standard InChI is InChI=1S/C16H24N2O/c1-3-16(19)14-6-8-15(9-7-14)17(2)12-13-18-10-4-5-11-18/h6-9H,3-5,10-13H2,1-2H3. The van der Waals surface area contributed by atoms with Crippen LogP contribution >= 0.6 is 0 Å². The molecule has 0 atom stereocenters. The number of rotatable bonds is 6. The van der Waals surface area contributed by atoms with E-state index >= 15 is 0 Å². The van der Waals surface area contributed by atoms with Gasteiger partial charge in [-0.05, 0) is 50.2 Å². The topological polar surface area (TPSA) is 23.6 Å². The number of hydrogen-bond donors (Lipinski definition) is 0. The second-order valence-electron chi connectivity index (χ2n) is 5.29. The van der Waals surface area contributed by atoms with Crippen LogP contribution in [0.1, 0.15) is 36.5 Å². The zero-order valence-electron chi connectivity index (χ0n) is 12.1. The Morgan fingerprint density at radius 1 is 1.21 bits per heavy atom. The Hall–Kier alpha value is -1.35. The molecule has 0 unspecified atom stereocenters. The molecule has 2 rings (SSSR count). The molecule has 1 aromatic rings. The summed E-state index contributed by atoms with van der Waals surface area (Å²) in [6, 6.07) is 7.97. The van der Waals surface area contributed by atoms with E-state index in [0.717, 1.165) is 18.7 Å². The minimum Gasteiger partial charge on any atom is -0.373 e. The second-order valence-corrected chi connectivity index (χ2v) is 5.29. The SMILES string of the molecule is CCC(=O)c1ccc(N(C)CCN2CCCC2)cc1. The van der Waals surface area contributed by atoms with E-state index in [1.54, 1.807) is 0 Å². The fourth-order valence-corrected chi connectivity index (χ4v) is 2.53. The highest BCUT2D eigenvalue weighted by molar-refractivity contribution is 5.96. The van der Waals surface area contributed by atoms with E-state index in [-0.39, 0.29) is 5.78 Å². The van der Waals surface area contributed by atoms with E-state index in [2.05, 4.69) is 16.8 Å². The Balaban J connectivity index is 1.87. The summed E-state index contributed by atoms with van der Waals surface area (Å²) in [6.07, 6.45) is 3.26. The van der Waals surface area contributed by atoms with Crippen molar-refractivity contribution in [1.29, 1.82) is 0 Å². The zero-order valence-corrected chi connectivity index (χ0v) is 12.1.